The van der Waals surface area contributed by atoms with Crippen molar-refractivity contribution in [1.82, 2.24) is 4.57 Å². The second-order valence-electron chi connectivity index (χ2n) is 3.74. The van der Waals surface area contributed by atoms with Gasteiger partial charge in [0.25, 0.3) is 0 Å². The predicted molar refractivity (Wildman–Crippen MR) is 72.6 cm³/mol. The second-order valence-corrected chi connectivity index (χ2v) is 4.65. The monoisotopic (exact) mass is 306 g/mol. The average molecular weight is 307 g/mol. The molecule has 0 fully saturated rings. The van der Waals surface area contributed by atoms with E-state index in [-0.39, 0.29) is 12.5 Å². The van der Waals surface area contributed by atoms with Crippen molar-refractivity contribution in [3.8, 4) is 0 Å². The second kappa shape index (κ2) is 5.64. The molecule has 1 N–H and O–H groups in total. The van der Waals surface area contributed by atoms with E-state index in [9.17, 15) is 9.59 Å². The Hall–Kier alpha value is -1.88. The SMILES string of the molecule is O=Cc1cccn1CC(=O)Nc1cccc(Br)c1. The van der Waals surface area contributed by atoms with E-state index >= 15 is 0 Å². The molecule has 92 valence electrons. The van der Waals surface area contributed by atoms with Gasteiger partial charge in [-0.1, -0.05) is 22.0 Å². The minimum absolute atomic E-state index is 0.119. The molecule has 2 rings (SSSR count). The lowest BCUT2D eigenvalue weighted by atomic mass is 10.3. The summed E-state index contributed by atoms with van der Waals surface area (Å²) in [6.45, 7) is 0.119. The lowest BCUT2D eigenvalue weighted by molar-refractivity contribution is -0.116. The maximum absolute atomic E-state index is 11.8. The first kappa shape index (κ1) is 12.6. The Morgan fingerprint density at radius 1 is 1.33 bits per heavy atom. The molecule has 0 saturated carbocycles. The van der Waals surface area contributed by atoms with Crippen LogP contribution in [0.4, 0.5) is 5.69 Å². The number of hydrogen-bond donors (Lipinski definition) is 1. The van der Waals surface area contributed by atoms with Gasteiger partial charge in [0, 0.05) is 16.4 Å². The van der Waals surface area contributed by atoms with Gasteiger partial charge in [-0.05, 0) is 30.3 Å². The first-order valence-corrected chi connectivity index (χ1v) is 6.14. The molecule has 5 heteroatoms. The van der Waals surface area contributed by atoms with E-state index in [4.69, 9.17) is 0 Å². The molecule has 1 aromatic carbocycles. The number of carbonyl (C=O) groups is 2. The van der Waals surface area contributed by atoms with Gasteiger partial charge in [0.15, 0.2) is 6.29 Å². The predicted octanol–water partition coefficient (Wildman–Crippen LogP) is 2.70. The van der Waals surface area contributed by atoms with Crippen LogP contribution >= 0.6 is 15.9 Å². The molecule has 0 unspecified atom stereocenters. The number of nitrogens with one attached hydrogen (secondary N) is 1. The molecule has 0 saturated heterocycles. The molecule has 0 aliphatic heterocycles. The van der Waals surface area contributed by atoms with Gasteiger partial charge in [-0.15, -0.1) is 0 Å². The van der Waals surface area contributed by atoms with Crippen LogP contribution in [0.5, 0.6) is 0 Å². The highest BCUT2D eigenvalue weighted by atomic mass is 79.9. The number of carbonyl (C=O) groups excluding carboxylic acids is 2. The number of aromatic nitrogens is 1. The van der Waals surface area contributed by atoms with Gasteiger partial charge in [-0.2, -0.15) is 0 Å². The summed E-state index contributed by atoms with van der Waals surface area (Å²) in [7, 11) is 0. The maximum atomic E-state index is 11.8. The van der Waals surface area contributed by atoms with Crippen molar-refractivity contribution in [3.63, 3.8) is 0 Å². The summed E-state index contributed by atoms with van der Waals surface area (Å²) in [5.74, 6) is -0.174. The molecule has 4 nitrogen and oxygen atoms in total. The highest BCUT2D eigenvalue weighted by Gasteiger charge is 2.06. The lowest BCUT2D eigenvalue weighted by Gasteiger charge is -2.07. The average Bonchev–Trinajstić information content (AvgIpc) is 2.76. The van der Waals surface area contributed by atoms with Crippen LogP contribution in [-0.2, 0) is 11.3 Å². The molecule has 1 aromatic heterocycles. The third-order valence-corrected chi connectivity index (χ3v) is 2.90. The van der Waals surface area contributed by atoms with Gasteiger partial charge >= 0.3 is 0 Å². The van der Waals surface area contributed by atoms with Gasteiger partial charge < -0.3 is 9.88 Å². The Balaban J connectivity index is 2.03. The van der Waals surface area contributed by atoms with Crippen LogP contribution in [0.15, 0.2) is 47.1 Å². The van der Waals surface area contributed by atoms with E-state index < -0.39 is 0 Å². The van der Waals surface area contributed by atoms with Crippen molar-refractivity contribution >= 4 is 33.8 Å². The van der Waals surface area contributed by atoms with Gasteiger partial charge in [-0.25, -0.2) is 0 Å². The van der Waals surface area contributed by atoms with Crippen LogP contribution in [-0.4, -0.2) is 16.8 Å². The summed E-state index contributed by atoms with van der Waals surface area (Å²) in [6.07, 6.45) is 2.43. The minimum Gasteiger partial charge on any atom is -0.336 e. The summed E-state index contributed by atoms with van der Waals surface area (Å²) in [5, 5.41) is 2.77. The van der Waals surface area contributed by atoms with E-state index in [2.05, 4.69) is 21.2 Å². The third kappa shape index (κ3) is 3.07. The Morgan fingerprint density at radius 2 is 2.17 bits per heavy atom. The molecule has 0 radical (unpaired) electrons. The zero-order chi connectivity index (χ0) is 13.0. The van der Waals surface area contributed by atoms with E-state index in [0.717, 1.165) is 10.8 Å². The van der Waals surface area contributed by atoms with Gasteiger partial charge in [0.2, 0.25) is 5.91 Å². The minimum atomic E-state index is -0.174. The van der Waals surface area contributed by atoms with E-state index in [1.807, 2.05) is 18.2 Å². The molecular formula is C13H11BrN2O2. The quantitative estimate of drug-likeness (QED) is 0.883. The van der Waals surface area contributed by atoms with Gasteiger partial charge in [-0.3, -0.25) is 9.59 Å². The van der Waals surface area contributed by atoms with Crippen LogP contribution in [0.1, 0.15) is 10.5 Å². The highest BCUT2D eigenvalue weighted by Crippen LogP contribution is 2.15. The number of anilines is 1. The summed E-state index contributed by atoms with van der Waals surface area (Å²) < 4.78 is 2.50. The molecule has 0 bridgehead atoms. The normalized spacial score (nSPS) is 10.1. The number of nitrogens with zero attached hydrogens (tertiary/aromatic N) is 1. The zero-order valence-electron chi connectivity index (χ0n) is 9.47. The Bertz CT molecular complexity index is 578. The number of rotatable bonds is 4. The molecule has 0 aliphatic rings. The number of aldehydes is 1. The van der Waals surface area contributed by atoms with E-state index in [1.54, 1.807) is 29.0 Å². The lowest BCUT2D eigenvalue weighted by Crippen LogP contribution is -2.19. The fraction of sp³-hybridized carbons (Fsp3) is 0.0769. The molecule has 0 aliphatic carbocycles. The first-order valence-electron chi connectivity index (χ1n) is 5.35. The van der Waals surface area contributed by atoms with Crippen molar-refractivity contribution in [2.75, 3.05) is 5.32 Å². The molecule has 1 amide bonds. The standard InChI is InChI=1S/C13H11BrN2O2/c14-10-3-1-4-11(7-10)15-13(18)8-16-6-2-5-12(16)9-17/h1-7,9H,8H2,(H,15,18). The molecular weight excluding hydrogens is 296 g/mol. The zero-order valence-corrected chi connectivity index (χ0v) is 11.1. The first-order chi connectivity index (χ1) is 8.69. The van der Waals surface area contributed by atoms with Crippen molar-refractivity contribution in [2.24, 2.45) is 0 Å². The van der Waals surface area contributed by atoms with Crippen LogP contribution in [0.3, 0.4) is 0 Å². The number of hydrogen-bond acceptors (Lipinski definition) is 2. The van der Waals surface area contributed by atoms with Crippen LogP contribution in [0, 0.1) is 0 Å². The van der Waals surface area contributed by atoms with Gasteiger partial charge in [0.05, 0.1) is 5.69 Å². The largest absolute Gasteiger partial charge is 0.336 e. The van der Waals surface area contributed by atoms with E-state index in [0.29, 0.717) is 11.4 Å². The summed E-state index contributed by atoms with van der Waals surface area (Å²) >= 11 is 3.33. The summed E-state index contributed by atoms with van der Waals surface area (Å²) in [4.78, 5) is 22.5. The van der Waals surface area contributed by atoms with Crippen LogP contribution in [0.2, 0.25) is 0 Å². The van der Waals surface area contributed by atoms with Crippen LogP contribution < -0.4 is 5.32 Å². The fourth-order valence-corrected chi connectivity index (χ4v) is 2.00. The maximum Gasteiger partial charge on any atom is 0.244 e. The third-order valence-electron chi connectivity index (χ3n) is 2.41. The number of halogens is 1. The molecule has 0 spiro atoms. The molecule has 1 heterocycles. The van der Waals surface area contributed by atoms with Crippen LogP contribution in [0.25, 0.3) is 0 Å². The smallest absolute Gasteiger partial charge is 0.244 e. The van der Waals surface area contributed by atoms with E-state index in [1.165, 1.54) is 0 Å². The molecule has 2 aromatic rings. The number of amides is 1. The molecule has 18 heavy (non-hydrogen) atoms. The van der Waals surface area contributed by atoms with Crippen molar-refractivity contribution in [3.05, 3.63) is 52.8 Å². The fourth-order valence-electron chi connectivity index (χ4n) is 1.60. The Kier molecular flexibility index (Phi) is 3.94. The highest BCUT2D eigenvalue weighted by molar-refractivity contribution is 9.10. The number of benzene rings is 1. The summed E-state index contributed by atoms with van der Waals surface area (Å²) in [6, 6.07) is 10.7. The Morgan fingerprint density at radius 3 is 2.89 bits per heavy atom. The van der Waals surface area contributed by atoms with Crippen molar-refractivity contribution in [2.45, 2.75) is 6.54 Å². The molecule has 0 atom stereocenters. The summed E-state index contributed by atoms with van der Waals surface area (Å²) in [5.41, 5.74) is 1.20. The Labute approximate surface area is 113 Å². The van der Waals surface area contributed by atoms with Crippen molar-refractivity contribution < 1.29 is 9.59 Å². The topological polar surface area (TPSA) is 51.1 Å². The van der Waals surface area contributed by atoms with Gasteiger partial charge in [0.1, 0.15) is 6.54 Å². The van der Waals surface area contributed by atoms with Crippen molar-refractivity contribution in [1.29, 1.82) is 0 Å².